The van der Waals surface area contributed by atoms with Gasteiger partial charge < -0.3 is 0 Å². The number of nitriles is 1. The summed E-state index contributed by atoms with van der Waals surface area (Å²) < 4.78 is 41.9. The van der Waals surface area contributed by atoms with Crippen molar-refractivity contribution in [2.45, 2.75) is 13.1 Å². The number of hydrogen-bond donors (Lipinski definition) is 0. The fraction of sp³-hybridized carbons (Fsp3) is 0.0556. The summed E-state index contributed by atoms with van der Waals surface area (Å²) in [6.07, 6.45) is -2.73. The Morgan fingerprint density at radius 1 is 0.674 bits per heavy atom. The predicted molar refractivity (Wildman–Crippen MR) is 163 cm³/mol. The Morgan fingerprint density at radius 2 is 1.21 bits per heavy atom. The molecule has 0 atom stereocenters. The lowest BCUT2D eigenvalue weighted by atomic mass is 9.88. The molecule has 0 saturated carbocycles. The summed E-state index contributed by atoms with van der Waals surface area (Å²) in [6.45, 7) is 9.69. The van der Waals surface area contributed by atoms with Crippen molar-refractivity contribution in [2.24, 2.45) is 10.1 Å². The Balaban J connectivity index is 1.93. The van der Waals surface area contributed by atoms with Gasteiger partial charge in [0.15, 0.2) is 5.36 Å². The highest BCUT2D eigenvalue weighted by atomic mass is 19.4. The minimum absolute atomic E-state index is 0.182. The van der Waals surface area contributed by atoms with Crippen molar-refractivity contribution in [3.8, 4) is 28.4 Å². The van der Waals surface area contributed by atoms with Crippen LogP contribution in [-0.2, 0) is 6.18 Å². The molecule has 0 fully saturated rings. The lowest BCUT2D eigenvalue weighted by Gasteiger charge is -2.14. The van der Waals surface area contributed by atoms with Crippen LogP contribution in [0.15, 0.2) is 107 Å². The number of fused-ring (bicyclic) bond motifs is 6. The van der Waals surface area contributed by atoms with Crippen LogP contribution in [0.1, 0.15) is 11.1 Å². The van der Waals surface area contributed by atoms with Gasteiger partial charge in [-0.1, -0.05) is 84.4 Å². The third-order valence-corrected chi connectivity index (χ3v) is 7.98. The van der Waals surface area contributed by atoms with E-state index >= 15 is 0 Å². The number of benzene rings is 5. The molecule has 0 aliphatic carbocycles. The van der Waals surface area contributed by atoms with Crippen molar-refractivity contribution in [1.82, 2.24) is 0 Å². The summed E-state index contributed by atoms with van der Waals surface area (Å²) in [7, 11) is 0. The molecule has 0 saturated heterocycles. The van der Waals surface area contributed by atoms with Crippen LogP contribution in [0, 0.1) is 25.0 Å². The van der Waals surface area contributed by atoms with Crippen LogP contribution < -0.4 is 10.7 Å². The maximum absolute atomic E-state index is 14.0. The Bertz CT molecular complexity index is 2420. The zero-order valence-electron chi connectivity index (χ0n) is 22.7. The van der Waals surface area contributed by atoms with Crippen molar-refractivity contribution >= 4 is 43.1 Å². The highest BCUT2D eigenvalue weighted by Gasteiger charge is 2.32. The lowest BCUT2D eigenvalue weighted by molar-refractivity contribution is -0.137. The van der Waals surface area contributed by atoms with Gasteiger partial charge >= 0.3 is 6.18 Å². The SMILES string of the molecule is [C-]#[N+]/N=c1\c2cc(C)ccc2c2c(-c3ccccc3)c3c(=NC#N)c4cc(C(F)(F)F)ccc4c3c(-c3ccccc3)c12. The lowest BCUT2D eigenvalue weighted by Crippen LogP contribution is -2.06. The van der Waals surface area contributed by atoms with Crippen molar-refractivity contribution in [3.63, 3.8) is 0 Å². The second-order valence-electron chi connectivity index (χ2n) is 10.4. The van der Waals surface area contributed by atoms with E-state index in [0.717, 1.165) is 61.5 Å². The van der Waals surface area contributed by atoms with Gasteiger partial charge in [-0.2, -0.15) is 30.0 Å². The number of halogens is 3. The monoisotopic (exact) mass is 564 g/mol. The highest BCUT2D eigenvalue weighted by molar-refractivity contribution is 6.34. The molecule has 0 aliphatic heterocycles. The van der Waals surface area contributed by atoms with E-state index in [4.69, 9.17) is 6.57 Å². The molecule has 4 nitrogen and oxygen atoms in total. The standard InChI is InChI=1S/C36H19F3N4/c1-20-13-15-24-26(17-20)35(43-41-2)33-29(22-11-7-4-8-12-22)30-25-16-14-23(36(37,38)39)18-27(25)34(42-19-40)32(30)28(31(24)33)21-9-5-3-6-10-21/h3-18H,1H3/b42-34?,43-35+. The van der Waals surface area contributed by atoms with Gasteiger partial charge in [-0.15, -0.1) is 4.95 Å². The van der Waals surface area contributed by atoms with Crippen LogP contribution >= 0.6 is 0 Å². The summed E-state index contributed by atoms with van der Waals surface area (Å²) in [5.74, 6) is 0. The molecule has 204 valence electrons. The quantitative estimate of drug-likeness (QED) is 0.117. The smallest absolute Gasteiger partial charge is 0.181 e. The van der Waals surface area contributed by atoms with Crippen LogP contribution in [-0.4, -0.2) is 0 Å². The molecular weight excluding hydrogens is 545 g/mol. The first-order valence-corrected chi connectivity index (χ1v) is 13.4. The van der Waals surface area contributed by atoms with E-state index < -0.39 is 11.7 Å². The molecular formula is C36H19F3N4. The molecule has 0 spiro atoms. The first-order valence-electron chi connectivity index (χ1n) is 13.4. The summed E-state index contributed by atoms with van der Waals surface area (Å²) in [4.78, 5) is 7.63. The molecule has 43 heavy (non-hydrogen) atoms. The Kier molecular flexibility index (Phi) is 5.86. The van der Waals surface area contributed by atoms with Crippen molar-refractivity contribution in [3.05, 3.63) is 130 Å². The fourth-order valence-electron chi connectivity index (χ4n) is 6.35. The zero-order valence-corrected chi connectivity index (χ0v) is 22.7. The summed E-state index contributed by atoms with van der Waals surface area (Å²) >= 11 is 0. The normalized spacial score (nSPS) is 12.9. The van der Waals surface area contributed by atoms with E-state index in [-0.39, 0.29) is 10.7 Å². The van der Waals surface area contributed by atoms with Crippen molar-refractivity contribution in [2.75, 3.05) is 0 Å². The van der Waals surface area contributed by atoms with E-state index in [1.165, 1.54) is 6.07 Å². The molecule has 0 N–H and O–H groups in total. The number of alkyl halides is 3. The summed E-state index contributed by atoms with van der Waals surface area (Å²) in [6, 6.07) is 28.7. The van der Waals surface area contributed by atoms with Crippen LogP contribution in [0.3, 0.4) is 0 Å². The third kappa shape index (κ3) is 3.90. The number of nitrogens with zero attached hydrogens (tertiary/aromatic N) is 4. The highest BCUT2D eigenvalue weighted by Crippen LogP contribution is 2.48. The first-order chi connectivity index (χ1) is 20.8. The molecule has 7 rings (SSSR count). The van der Waals surface area contributed by atoms with E-state index in [0.29, 0.717) is 21.5 Å². The summed E-state index contributed by atoms with van der Waals surface area (Å²) in [5.41, 5.74) is 3.24. The second kappa shape index (κ2) is 9.65. The minimum Gasteiger partial charge on any atom is -0.181 e. The van der Waals surface area contributed by atoms with Crippen molar-refractivity contribution < 1.29 is 13.2 Å². The van der Waals surface area contributed by atoms with Crippen molar-refractivity contribution in [1.29, 1.82) is 5.26 Å². The molecule has 0 aromatic heterocycles. The van der Waals surface area contributed by atoms with Gasteiger partial charge in [-0.05, 0) is 47.0 Å². The largest absolute Gasteiger partial charge is 0.416 e. The number of aryl methyl sites for hydroxylation is 1. The average Bonchev–Trinajstić information content (AvgIpc) is 3.49. The predicted octanol–water partition coefficient (Wildman–Crippen LogP) is 8.95. The molecule has 0 unspecified atom stereocenters. The van der Waals surface area contributed by atoms with Gasteiger partial charge in [0.05, 0.1) is 16.0 Å². The Labute approximate surface area is 243 Å². The topological polar surface area (TPSA) is 52.9 Å². The Morgan fingerprint density at radius 3 is 1.74 bits per heavy atom. The van der Waals surface area contributed by atoms with E-state index in [1.54, 1.807) is 0 Å². The average molecular weight is 565 g/mol. The van der Waals surface area contributed by atoms with Crippen LogP contribution in [0.5, 0.6) is 0 Å². The van der Waals surface area contributed by atoms with Crippen LogP contribution in [0.2, 0.25) is 0 Å². The Hall–Kier alpha value is -5.79. The van der Waals surface area contributed by atoms with Gasteiger partial charge in [0.2, 0.25) is 6.19 Å². The van der Waals surface area contributed by atoms with Gasteiger partial charge in [0, 0.05) is 43.4 Å². The van der Waals surface area contributed by atoms with Gasteiger partial charge in [-0.25, -0.2) is 0 Å². The van der Waals surface area contributed by atoms with E-state index in [1.807, 2.05) is 92.0 Å². The number of rotatable bonds is 2. The van der Waals surface area contributed by atoms with E-state index in [2.05, 4.69) is 15.0 Å². The second-order valence-corrected chi connectivity index (χ2v) is 10.4. The molecule has 7 aromatic rings. The maximum atomic E-state index is 14.0. The third-order valence-electron chi connectivity index (χ3n) is 7.98. The van der Waals surface area contributed by atoms with Gasteiger partial charge in [0.25, 0.3) is 0 Å². The molecule has 7 aromatic carbocycles. The molecule has 0 amide bonds. The van der Waals surface area contributed by atoms with Gasteiger partial charge in [-0.3, -0.25) is 0 Å². The summed E-state index contributed by atoms with van der Waals surface area (Å²) in [5, 5.41) is 20.0. The maximum Gasteiger partial charge on any atom is 0.416 e. The molecule has 0 aliphatic rings. The van der Waals surface area contributed by atoms with Gasteiger partial charge in [0.1, 0.15) is 0 Å². The molecule has 0 radical (unpaired) electrons. The minimum atomic E-state index is -4.58. The fourth-order valence-corrected chi connectivity index (χ4v) is 6.35. The van der Waals surface area contributed by atoms with E-state index in [9.17, 15) is 18.4 Å². The molecule has 0 bridgehead atoms. The first kappa shape index (κ1) is 26.1. The van der Waals surface area contributed by atoms with Crippen LogP contribution in [0.25, 0.3) is 70.3 Å². The zero-order chi connectivity index (χ0) is 29.9. The molecule has 7 heteroatoms. The molecule has 0 heterocycles. The van der Waals surface area contributed by atoms with Crippen LogP contribution in [0.4, 0.5) is 13.2 Å². The number of hydrogen-bond acceptors (Lipinski definition) is 3.